The Morgan fingerprint density at radius 1 is 1.11 bits per heavy atom. The molecular formula is C16H22O3. The van der Waals surface area contributed by atoms with Crippen molar-refractivity contribution in [2.45, 2.75) is 46.0 Å². The maximum absolute atomic E-state index is 11.7. The lowest BCUT2D eigenvalue weighted by atomic mass is 9.63. The fourth-order valence-corrected chi connectivity index (χ4v) is 2.88. The van der Waals surface area contributed by atoms with Gasteiger partial charge in [-0.3, -0.25) is 4.79 Å². The molecule has 0 radical (unpaired) electrons. The summed E-state index contributed by atoms with van der Waals surface area (Å²) in [5.74, 6) is -0.464. The van der Waals surface area contributed by atoms with Gasteiger partial charge in [0.15, 0.2) is 0 Å². The minimum atomic E-state index is -0.684. The SMILES string of the molecule is CC1(C)CCC(Cc2ccc(O)cc2)(C(=O)O)CC1. The first-order valence-electron chi connectivity index (χ1n) is 6.84. The van der Waals surface area contributed by atoms with Gasteiger partial charge in [-0.2, -0.15) is 0 Å². The third-order valence-corrected chi connectivity index (χ3v) is 4.49. The molecule has 2 rings (SSSR count). The third kappa shape index (κ3) is 3.09. The summed E-state index contributed by atoms with van der Waals surface area (Å²) in [6.07, 6.45) is 3.93. The van der Waals surface area contributed by atoms with Crippen molar-refractivity contribution in [1.29, 1.82) is 0 Å². The van der Waals surface area contributed by atoms with E-state index in [4.69, 9.17) is 0 Å². The van der Waals surface area contributed by atoms with E-state index in [1.54, 1.807) is 12.1 Å². The lowest BCUT2D eigenvalue weighted by Crippen LogP contribution is -2.39. The number of rotatable bonds is 3. The maximum atomic E-state index is 11.7. The van der Waals surface area contributed by atoms with Crippen molar-refractivity contribution < 1.29 is 15.0 Å². The van der Waals surface area contributed by atoms with Gasteiger partial charge in [0.25, 0.3) is 0 Å². The molecule has 0 amide bonds. The van der Waals surface area contributed by atoms with Crippen LogP contribution in [-0.4, -0.2) is 16.2 Å². The number of phenolic OH excluding ortho intramolecular Hbond substituents is 1. The largest absolute Gasteiger partial charge is 0.508 e. The molecule has 1 aliphatic rings. The minimum Gasteiger partial charge on any atom is -0.508 e. The van der Waals surface area contributed by atoms with Crippen LogP contribution >= 0.6 is 0 Å². The smallest absolute Gasteiger partial charge is 0.309 e. The Balaban J connectivity index is 2.17. The summed E-state index contributed by atoms with van der Waals surface area (Å²) in [4.78, 5) is 11.7. The average molecular weight is 262 g/mol. The molecular weight excluding hydrogens is 240 g/mol. The molecule has 1 aromatic rings. The van der Waals surface area contributed by atoms with Gasteiger partial charge in [0.05, 0.1) is 5.41 Å². The lowest BCUT2D eigenvalue weighted by molar-refractivity contribution is -0.152. The molecule has 0 aliphatic heterocycles. The van der Waals surface area contributed by atoms with Crippen molar-refractivity contribution >= 4 is 5.97 Å². The quantitative estimate of drug-likeness (QED) is 0.875. The Kier molecular flexibility index (Phi) is 3.57. The fourth-order valence-electron chi connectivity index (χ4n) is 2.88. The van der Waals surface area contributed by atoms with E-state index in [1.807, 2.05) is 12.1 Å². The van der Waals surface area contributed by atoms with Gasteiger partial charge in [0.1, 0.15) is 5.75 Å². The highest BCUT2D eigenvalue weighted by Crippen LogP contribution is 2.47. The van der Waals surface area contributed by atoms with Crippen LogP contribution in [0.2, 0.25) is 0 Å². The van der Waals surface area contributed by atoms with Crippen molar-refractivity contribution in [2.24, 2.45) is 10.8 Å². The second kappa shape index (κ2) is 4.87. The van der Waals surface area contributed by atoms with Crippen molar-refractivity contribution in [3.63, 3.8) is 0 Å². The maximum Gasteiger partial charge on any atom is 0.309 e. The molecule has 3 heteroatoms. The van der Waals surface area contributed by atoms with E-state index in [0.29, 0.717) is 6.42 Å². The molecule has 1 aliphatic carbocycles. The van der Waals surface area contributed by atoms with Gasteiger partial charge in [-0.1, -0.05) is 26.0 Å². The normalized spacial score (nSPS) is 20.9. The number of phenols is 1. The van der Waals surface area contributed by atoms with Crippen LogP contribution in [0.25, 0.3) is 0 Å². The summed E-state index contributed by atoms with van der Waals surface area (Å²) in [6.45, 7) is 4.42. The van der Waals surface area contributed by atoms with E-state index in [1.165, 1.54) is 0 Å². The van der Waals surface area contributed by atoms with E-state index in [2.05, 4.69) is 13.8 Å². The van der Waals surface area contributed by atoms with Crippen LogP contribution in [0.4, 0.5) is 0 Å². The summed E-state index contributed by atoms with van der Waals surface area (Å²) < 4.78 is 0. The number of hydrogen-bond donors (Lipinski definition) is 2. The molecule has 1 fully saturated rings. The third-order valence-electron chi connectivity index (χ3n) is 4.49. The number of carbonyl (C=O) groups is 1. The van der Waals surface area contributed by atoms with E-state index < -0.39 is 11.4 Å². The van der Waals surface area contributed by atoms with Gasteiger partial charge in [-0.25, -0.2) is 0 Å². The monoisotopic (exact) mass is 262 g/mol. The molecule has 0 spiro atoms. The van der Waals surface area contributed by atoms with Crippen LogP contribution in [0.3, 0.4) is 0 Å². The average Bonchev–Trinajstić information content (AvgIpc) is 2.35. The summed E-state index contributed by atoms with van der Waals surface area (Å²) in [6, 6.07) is 6.88. The van der Waals surface area contributed by atoms with E-state index in [0.717, 1.165) is 31.2 Å². The first-order valence-corrected chi connectivity index (χ1v) is 6.84. The number of carboxylic acid groups (broad SMARTS) is 1. The van der Waals surface area contributed by atoms with E-state index >= 15 is 0 Å². The molecule has 0 heterocycles. The fraction of sp³-hybridized carbons (Fsp3) is 0.562. The van der Waals surface area contributed by atoms with Crippen molar-refractivity contribution in [1.82, 2.24) is 0 Å². The number of aromatic hydroxyl groups is 1. The van der Waals surface area contributed by atoms with Crippen molar-refractivity contribution in [2.75, 3.05) is 0 Å². The predicted molar refractivity (Wildman–Crippen MR) is 74.1 cm³/mol. The molecule has 19 heavy (non-hydrogen) atoms. The zero-order valence-corrected chi connectivity index (χ0v) is 11.6. The van der Waals surface area contributed by atoms with Gasteiger partial charge >= 0.3 is 5.97 Å². The molecule has 2 N–H and O–H groups in total. The van der Waals surface area contributed by atoms with Crippen LogP contribution in [0.5, 0.6) is 5.75 Å². The highest BCUT2D eigenvalue weighted by molar-refractivity contribution is 5.75. The van der Waals surface area contributed by atoms with Crippen LogP contribution in [0, 0.1) is 10.8 Å². The van der Waals surface area contributed by atoms with Gasteiger partial charge in [0, 0.05) is 0 Å². The van der Waals surface area contributed by atoms with Crippen LogP contribution in [0.15, 0.2) is 24.3 Å². The second-order valence-electron chi connectivity index (χ2n) is 6.59. The number of hydrogen-bond acceptors (Lipinski definition) is 2. The Labute approximate surface area is 114 Å². The zero-order valence-electron chi connectivity index (χ0n) is 11.6. The van der Waals surface area contributed by atoms with Crippen molar-refractivity contribution in [3.05, 3.63) is 29.8 Å². The molecule has 1 saturated carbocycles. The number of aliphatic carboxylic acids is 1. The molecule has 0 aromatic heterocycles. The first kappa shape index (κ1) is 13.9. The van der Waals surface area contributed by atoms with E-state index in [9.17, 15) is 15.0 Å². The second-order valence-corrected chi connectivity index (χ2v) is 6.59. The summed E-state index contributed by atoms with van der Waals surface area (Å²) >= 11 is 0. The minimum absolute atomic E-state index is 0.220. The summed E-state index contributed by atoms with van der Waals surface area (Å²) in [7, 11) is 0. The Morgan fingerprint density at radius 2 is 1.63 bits per heavy atom. The zero-order chi connectivity index (χ0) is 14.1. The highest BCUT2D eigenvalue weighted by Gasteiger charge is 2.43. The number of carboxylic acids is 1. The van der Waals surface area contributed by atoms with Gasteiger partial charge in [0.2, 0.25) is 0 Å². The number of benzene rings is 1. The molecule has 0 bridgehead atoms. The topological polar surface area (TPSA) is 57.5 Å². The summed E-state index contributed by atoms with van der Waals surface area (Å²) in [5.41, 5.74) is 0.611. The first-order chi connectivity index (χ1) is 8.83. The molecule has 1 aromatic carbocycles. The molecule has 0 unspecified atom stereocenters. The summed E-state index contributed by atoms with van der Waals surface area (Å²) in [5, 5.41) is 18.9. The predicted octanol–water partition coefficient (Wildman–Crippen LogP) is 3.61. The Bertz CT molecular complexity index is 449. The molecule has 0 atom stereocenters. The van der Waals surface area contributed by atoms with Gasteiger partial charge in [-0.15, -0.1) is 0 Å². The molecule has 0 saturated heterocycles. The highest BCUT2D eigenvalue weighted by atomic mass is 16.4. The standard InChI is InChI=1S/C16H22O3/c1-15(2)7-9-16(10-8-15,14(18)19)11-12-3-5-13(17)6-4-12/h3-6,17H,7-11H2,1-2H3,(H,18,19). The van der Waals surface area contributed by atoms with Gasteiger partial charge in [-0.05, 0) is 55.2 Å². The molecule has 3 nitrogen and oxygen atoms in total. The van der Waals surface area contributed by atoms with Crippen LogP contribution < -0.4 is 0 Å². The van der Waals surface area contributed by atoms with Crippen LogP contribution in [-0.2, 0) is 11.2 Å². The lowest BCUT2D eigenvalue weighted by Gasteiger charge is -2.41. The van der Waals surface area contributed by atoms with Crippen molar-refractivity contribution in [3.8, 4) is 5.75 Å². The molecule has 104 valence electrons. The van der Waals surface area contributed by atoms with Gasteiger partial charge < -0.3 is 10.2 Å². The Hall–Kier alpha value is -1.51. The van der Waals surface area contributed by atoms with Crippen LogP contribution in [0.1, 0.15) is 45.1 Å². The van der Waals surface area contributed by atoms with E-state index in [-0.39, 0.29) is 11.2 Å². The Morgan fingerprint density at radius 3 is 2.11 bits per heavy atom.